The van der Waals surface area contributed by atoms with Gasteiger partial charge >= 0.3 is 5.97 Å². The number of carbonyl (C=O) groups is 3. The fraction of sp³-hybridized carbons (Fsp3) is 0.500. The summed E-state index contributed by atoms with van der Waals surface area (Å²) in [5.74, 6) is -0.885. The third-order valence-electron chi connectivity index (χ3n) is 3.81. The van der Waals surface area contributed by atoms with Crippen molar-refractivity contribution >= 4 is 17.8 Å². The zero-order valence-corrected chi connectivity index (χ0v) is 14.4. The van der Waals surface area contributed by atoms with Crippen molar-refractivity contribution in [3.05, 3.63) is 35.9 Å². The van der Waals surface area contributed by atoms with Crippen molar-refractivity contribution in [3.63, 3.8) is 0 Å². The van der Waals surface area contributed by atoms with E-state index in [1.165, 1.54) is 0 Å². The molecule has 0 aliphatic carbocycles. The van der Waals surface area contributed by atoms with Gasteiger partial charge < -0.3 is 19.7 Å². The Morgan fingerprint density at radius 3 is 2.76 bits per heavy atom. The molecule has 1 N–H and O–H groups in total. The number of esters is 1. The first-order valence-electron chi connectivity index (χ1n) is 8.40. The first-order chi connectivity index (χ1) is 12.0. The SMILES string of the molecule is CC1CN(C(=O)COC(=O)CCNC(=O)Cc2ccccc2)CCO1. The average molecular weight is 348 g/mol. The maximum atomic E-state index is 12.0. The first-order valence-corrected chi connectivity index (χ1v) is 8.40. The molecule has 0 spiro atoms. The second-order valence-corrected chi connectivity index (χ2v) is 5.94. The predicted molar refractivity (Wildman–Crippen MR) is 90.7 cm³/mol. The lowest BCUT2D eigenvalue weighted by Crippen LogP contribution is -2.46. The number of rotatable bonds is 7. The van der Waals surface area contributed by atoms with Crippen molar-refractivity contribution in [2.45, 2.75) is 25.9 Å². The number of nitrogens with one attached hydrogen (secondary N) is 1. The van der Waals surface area contributed by atoms with E-state index in [9.17, 15) is 14.4 Å². The summed E-state index contributed by atoms with van der Waals surface area (Å²) in [6, 6.07) is 9.35. The van der Waals surface area contributed by atoms with Gasteiger partial charge in [-0.1, -0.05) is 30.3 Å². The number of morpholine rings is 1. The van der Waals surface area contributed by atoms with Gasteiger partial charge in [0.25, 0.3) is 5.91 Å². The highest BCUT2D eigenvalue weighted by Gasteiger charge is 2.22. The normalized spacial score (nSPS) is 17.0. The summed E-state index contributed by atoms with van der Waals surface area (Å²) in [6.07, 6.45) is 0.296. The van der Waals surface area contributed by atoms with E-state index < -0.39 is 5.97 Å². The second-order valence-electron chi connectivity index (χ2n) is 5.94. The van der Waals surface area contributed by atoms with E-state index >= 15 is 0 Å². The van der Waals surface area contributed by atoms with E-state index in [0.29, 0.717) is 19.7 Å². The Labute approximate surface area is 147 Å². The molecule has 0 bridgehead atoms. The van der Waals surface area contributed by atoms with Crippen LogP contribution in [0.5, 0.6) is 0 Å². The summed E-state index contributed by atoms with van der Waals surface area (Å²) in [7, 11) is 0. The molecule has 25 heavy (non-hydrogen) atoms. The highest BCUT2D eigenvalue weighted by atomic mass is 16.5. The van der Waals surface area contributed by atoms with Crippen LogP contribution in [0.3, 0.4) is 0 Å². The first kappa shape index (κ1) is 18.9. The molecule has 2 amide bonds. The monoisotopic (exact) mass is 348 g/mol. The third-order valence-corrected chi connectivity index (χ3v) is 3.81. The fourth-order valence-electron chi connectivity index (χ4n) is 2.50. The zero-order valence-electron chi connectivity index (χ0n) is 14.4. The molecule has 2 rings (SSSR count). The van der Waals surface area contributed by atoms with Crippen molar-refractivity contribution in [1.29, 1.82) is 0 Å². The molecule has 0 saturated carbocycles. The van der Waals surface area contributed by atoms with Gasteiger partial charge in [0.1, 0.15) is 0 Å². The van der Waals surface area contributed by atoms with E-state index in [4.69, 9.17) is 9.47 Å². The molecule has 1 aliphatic heterocycles. The number of ether oxygens (including phenoxy) is 2. The van der Waals surface area contributed by atoms with Crippen LogP contribution in [0.15, 0.2) is 30.3 Å². The number of nitrogens with zero attached hydrogens (tertiary/aromatic N) is 1. The molecule has 136 valence electrons. The van der Waals surface area contributed by atoms with Gasteiger partial charge in [0.2, 0.25) is 5.91 Å². The lowest BCUT2D eigenvalue weighted by molar-refractivity contribution is -0.154. The van der Waals surface area contributed by atoms with E-state index in [1.54, 1.807) is 4.90 Å². The number of hydrogen-bond acceptors (Lipinski definition) is 5. The Morgan fingerprint density at radius 2 is 2.04 bits per heavy atom. The summed E-state index contributed by atoms with van der Waals surface area (Å²) in [6.45, 7) is 3.32. The number of amides is 2. The molecule has 7 heteroatoms. The lowest BCUT2D eigenvalue weighted by atomic mass is 10.1. The summed E-state index contributed by atoms with van der Waals surface area (Å²) in [5, 5.41) is 2.67. The van der Waals surface area contributed by atoms with Crippen molar-refractivity contribution in [1.82, 2.24) is 10.2 Å². The molecule has 1 aromatic rings. The van der Waals surface area contributed by atoms with E-state index in [-0.39, 0.29) is 43.9 Å². The molecule has 1 saturated heterocycles. The molecule has 1 heterocycles. The Kier molecular flexibility index (Phi) is 7.40. The molecule has 0 aromatic heterocycles. The molecular weight excluding hydrogens is 324 g/mol. The van der Waals surface area contributed by atoms with E-state index in [1.807, 2.05) is 37.3 Å². The van der Waals surface area contributed by atoms with Crippen LogP contribution in [0, 0.1) is 0 Å². The van der Waals surface area contributed by atoms with Crippen LogP contribution in [-0.4, -0.2) is 61.6 Å². The van der Waals surface area contributed by atoms with Crippen molar-refractivity contribution in [3.8, 4) is 0 Å². The summed E-state index contributed by atoms with van der Waals surface area (Å²) < 4.78 is 10.3. The average Bonchev–Trinajstić information content (AvgIpc) is 2.60. The second kappa shape index (κ2) is 9.78. The molecule has 1 atom stereocenters. The van der Waals surface area contributed by atoms with Crippen LogP contribution in [0.1, 0.15) is 18.9 Å². The van der Waals surface area contributed by atoms with Crippen LogP contribution in [0.2, 0.25) is 0 Å². The molecule has 1 unspecified atom stereocenters. The predicted octanol–water partition coefficient (Wildman–Crippen LogP) is 0.526. The Morgan fingerprint density at radius 1 is 1.28 bits per heavy atom. The van der Waals surface area contributed by atoms with Crippen LogP contribution < -0.4 is 5.32 Å². The Hall–Kier alpha value is -2.41. The molecular formula is C18H24N2O5. The summed E-state index contributed by atoms with van der Waals surface area (Å²) >= 11 is 0. The van der Waals surface area contributed by atoms with Gasteiger partial charge in [0.15, 0.2) is 6.61 Å². The smallest absolute Gasteiger partial charge is 0.308 e. The Balaban J connectivity index is 1.59. The highest BCUT2D eigenvalue weighted by Crippen LogP contribution is 2.05. The maximum absolute atomic E-state index is 12.0. The minimum Gasteiger partial charge on any atom is -0.456 e. The quantitative estimate of drug-likeness (QED) is 0.727. The molecule has 1 aliphatic rings. The van der Waals surface area contributed by atoms with Crippen LogP contribution in [0.25, 0.3) is 0 Å². The minimum absolute atomic E-state index is 0.00627. The van der Waals surface area contributed by atoms with E-state index in [0.717, 1.165) is 5.56 Å². The maximum Gasteiger partial charge on any atom is 0.308 e. The van der Waals surface area contributed by atoms with Crippen LogP contribution in [-0.2, 0) is 30.3 Å². The Bertz CT molecular complexity index is 590. The zero-order chi connectivity index (χ0) is 18.1. The largest absolute Gasteiger partial charge is 0.456 e. The summed E-state index contributed by atoms with van der Waals surface area (Å²) in [4.78, 5) is 37.0. The van der Waals surface area contributed by atoms with Gasteiger partial charge in [-0.25, -0.2) is 0 Å². The van der Waals surface area contributed by atoms with E-state index in [2.05, 4.69) is 5.32 Å². The van der Waals surface area contributed by atoms with Gasteiger partial charge in [-0.15, -0.1) is 0 Å². The van der Waals surface area contributed by atoms with Gasteiger partial charge in [-0.2, -0.15) is 0 Å². The topological polar surface area (TPSA) is 84.9 Å². The van der Waals surface area contributed by atoms with Crippen molar-refractivity contribution < 1.29 is 23.9 Å². The molecule has 1 fully saturated rings. The number of carbonyl (C=O) groups excluding carboxylic acids is 3. The number of benzene rings is 1. The van der Waals surface area contributed by atoms with Crippen LogP contribution >= 0.6 is 0 Å². The third kappa shape index (κ3) is 6.93. The molecule has 0 radical (unpaired) electrons. The van der Waals surface area contributed by atoms with Gasteiger partial charge in [0.05, 0.1) is 25.6 Å². The van der Waals surface area contributed by atoms with Gasteiger partial charge in [-0.3, -0.25) is 14.4 Å². The minimum atomic E-state index is -0.505. The highest BCUT2D eigenvalue weighted by molar-refractivity contribution is 5.81. The molecule has 1 aromatic carbocycles. The standard InChI is InChI=1S/C18H24N2O5/c1-14-12-20(9-10-24-14)17(22)13-25-18(23)7-8-19-16(21)11-15-5-3-2-4-6-15/h2-6,14H,7-13H2,1H3,(H,19,21). The fourth-order valence-corrected chi connectivity index (χ4v) is 2.50. The van der Waals surface area contributed by atoms with Crippen molar-refractivity contribution in [2.24, 2.45) is 0 Å². The van der Waals surface area contributed by atoms with Crippen molar-refractivity contribution in [2.75, 3.05) is 32.8 Å². The number of hydrogen-bond donors (Lipinski definition) is 1. The molecule has 7 nitrogen and oxygen atoms in total. The van der Waals surface area contributed by atoms with Gasteiger partial charge in [-0.05, 0) is 12.5 Å². The van der Waals surface area contributed by atoms with Gasteiger partial charge in [0, 0.05) is 19.6 Å². The lowest BCUT2D eigenvalue weighted by Gasteiger charge is -2.30. The van der Waals surface area contributed by atoms with Crippen LogP contribution in [0.4, 0.5) is 0 Å². The summed E-state index contributed by atoms with van der Waals surface area (Å²) in [5.41, 5.74) is 0.910.